The van der Waals surface area contributed by atoms with Gasteiger partial charge in [0.1, 0.15) is 0 Å². The summed E-state index contributed by atoms with van der Waals surface area (Å²) in [7, 11) is 0. The standard InChI is InChI=1S/C18H22BrN3O4S/c1-5-24-15-8-13(9-20-22-18-21-11(3)10-27-18)7-14(19)16(15)26-12(4)17(23)25-6-2/h7-10,12H,5-6H2,1-4H3,(H,21,22). The lowest BCUT2D eigenvalue weighted by Crippen LogP contribution is -2.26. The first kappa shape index (κ1) is 21.2. The molecule has 1 aromatic heterocycles. The Morgan fingerprint density at radius 1 is 1.41 bits per heavy atom. The van der Waals surface area contributed by atoms with Crippen molar-refractivity contribution < 1.29 is 19.0 Å². The molecular weight excluding hydrogens is 434 g/mol. The number of carbonyl (C=O) groups excluding carboxylic acids is 1. The Hall–Kier alpha value is -2.13. The van der Waals surface area contributed by atoms with Crippen molar-refractivity contribution in [3.05, 3.63) is 33.2 Å². The average Bonchev–Trinajstić information content (AvgIpc) is 3.03. The Morgan fingerprint density at radius 3 is 2.81 bits per heavy atom. The molecule has 0 saturated carbocycles. The zero-order valence-electron chi connectivity index (χ0n) is 15.6. The van der Waals surface area contributed by atoms with E-state index < -0.39 is 12.1 Å². The van der Waals surface area contributed by atoms with Crippen molar-refractivity contribution in [3.63, 3.8) is 0 Å². The highest BCUT2D eigenvalue weighted by molar-refractivity contribution is 9.10. The number of nitrogens with zero attached hydrogens (tertiary/aromatic N) is 2. The van der Waals surface area contributed by atoms with Crippen molar-refractivity contribution in [3.8, 4) is 11.5 Å². The van der Waals surface area contributed by atoms with Gasteiger partial charge < -0.3 is 14.2 Å². The quantitative estimate of drug-likeness (QED) is 0.343. The van der Waals surface area contributed by atoms with E-state index in [4.69, 9.17) is 14.2 Å². The van der Waals surface area contributed by atoms with E-state index in [9.17, 15) is 4.79 Å². The summed E-state index contributed by atoms with van der Waals surface area (Å²) in [6.07, 6.45) is 0.900. The molecule has 1 atom stereocenters. The van der Waals surface area contributed by atoms with Crippen LogP contribution in [0.5, 0.6) is 11.5 Å². The van der Waals surface area contributed by atoms with Crippen molar-refractivity contribution in [2.75, 3.05) is 18.6 Å². The first-order valence-electron chi connectivity index (χ1n) is 8.45. The van der Waals surface area contributed by atoms with Crippen LogP contribution in [0.15, 0.2) is 27.1 Å². The molecule has 0 saturated heterocycles. The van der Waals surface area contributed by atoms with Crippen molar-refractivity contribution >= 4 is 44.6 Å². The summed E-state index contributed by atoms with van der Waals surface area (Å²) in [6, 6.07) is 3.62. The molecule has 0 fully saturated rings. The maximum atomic E-state index is 11.8. The minimum atomic E-state index is -0.755. The maximum absolute atomic E-state index is 11.8. The van der Waals surface area contributed by atoms with Gasteiger partial charge in [-0.3, -0.25) is 5.43 Å². The van der Waals surface area contributed by atoms with Gasteiger partial charge in [-0.05, 0) is 61.3 Å². The van der Waals surface area contributed by atoms with Gasteiger partial charge in [-0.2, -0.15) is 5.10 Å². The Balaban J connectivity index is 2.17. The first-order valence-corrected chi connectivity index (χ1v) is 10.1. The molecule has 27 heavy (non-hydrogen) atoms. The summed E-state index contributed by atoms with van der Waals surface area (Å²) < 4.78 is 17.1. The molecule has 0 aliphatic heterocycles. The van der Waals surface area contributed by atoms with Crippen LogP contribution >= 0.6 is 27.3 Å². The van der Waals surface area contributed by atoms with E-state index >= 15 is 0 Å². The van der Waals surface area contributed by atoms with Crippen LogP contribution in [-0.2, 0) is 9.53 Å². The second kappa shape index (κ2) is 10.3. The minimum Gasteiger partial charge on any atom is -0.490 e. The van der Waals surface area contributed by atoms with E-state index in [-0.39, 0.29) is 0 Å². The van der Waals surface area contributed by atoms with Crippen LogP contribution < -0.4 is 14.9 Å². The SMILES string of the molecule is CCOC(=O)C(C)Oc1c(Br)cc(C=NNc2nc(C)cs2)cc1OCC. The molecule has 1 heterocycles. The number of esters is 1. The predicted molar refractivity (Wildman–Crippen MR) is 110 cm³/mol. The lowest BCUT2D eigenvalue weighted by atomic mass is 10.2. The number of rotatable bonds is 9. The Kier molecular flexibility index (Phi) is 8.05. The van der Waals surface area contributed by atoms with Gasteiger partial charge in [0, 0.05) is 5.38 Å². The molecule has 2 aromatic rings. The van der Waals surface area contributed by atoms with Crippen molar-refractivity contribution in [2.24, 2.45) is 5.10 Å². The number of hydrogen-bond acceptors (Lipinski definition) is 8. The van der Waals surface area contributed by atoms with Gasteiger partial charge in [0.25, 0.3) is 0 Å². The van der Waals surface area contributed by atoms with Gasteiger partial charge in [-0.15, -0.1) is 11.3 Å². The highest BCUT2D eigenvalue weighted by Gasteiger charge is 2.20. The molecule has 2 rings (SSSR count). The number of carbonyl (C=O) groups is 1. The van der Waals surface area contributed by atoms with Crippen LogP contribution in [0, 0.1) is 6.92 Å². The summed E-state index contributed by atoms with van der Waals surface area (Å²) >= 11 is 4.96. The van der Waals surface area contributed by atoms with Crippen molar-refractivity contribution in [1.82, 2.24) is 4.98 Å². The normalized spacial score (nSPS) is 12.0. The summed E-state index contributed by atoms with van der Waals surface area (Å²) in [5, 5.41) is 6.85. The van der Waals surface area contributed by atoms with Gasteiger partial charge in [-0.25, -0.2) is 9.78 Å². The maximum Gasteiger partial charge on any atom is 0.347 e. The van der Waals surface area contributed by atoms with Gasteiger partial charge in [-0.1, -0.05) is 0 Å². The smallest absolute Gasteiger partial charge is 0.347 e. The molecule has 0 bridgehead atoms. The third-order valence-corrected chi connectivity index (χ3v) is 4.69. The van der Waals surface area contributed by atoms with Gasteiger partial charge in [0.05, 0.1) is 29.6 Å². The van der Waals surface area contributed by atoms with E-state index in [1.807, 2.05) is 25.3 Å². The zero-order valence-corrected chi connectivity index (χ0v) is 18.0. The monoisotopic (exact) mass is 455 g/mol. The number of thiazole rings is 1. The van der Waals surface area contributed by atoms with Crippen LogP contribution in [0.2, 0.25) is 0 Å². The van der Waals surface area contributed by atoms with Crippen LogP contribution in [-0.4, -0.2) is 36.5 Å². The van der Waals surface area contributed by atoms with Crippen LogP contribution in [0.25, 0.3) is 0 Å². The second-order valence-corrected chi connectivity index (χ2v) is 7.15. The fraction of sp³-hybridized carbons (Fsp3) is 0.389. The molecule has 1 N–H and O–H groups in total. The van der Waals surface area contributed by atoms with E-state index in [2.05, 4.69) is 31.4 Å². The molecule has 0 amide bonds. The predicted octanol–water partition coefficient (Wildman–Crippen LogP) is 4.39. The van der Waals surface area contributed by atoms with E-state index in [0.29, 0.717) is 29.2 Å². The fourth-order valence-electron chi connectivity index (χ4n) is 2.09. The van der Waals surface area contributed by atoms with Crippen molar-refractivity contribution in [1.29, 1.82) is 0 Å². The number of halogens is 1. The number of nitrogens with one attached hydrogen (secondary N) is 1. The Morgan fingerprint density at radius 2 is 2.19 bits per heavy atom. The molecule has 0 radical (unpaired) electrons. The number of benzene rings is 1. The van der Waals surface area contributed by atoms with Crippen LogP contribution in [0.1, 0.15) is 32.0 Å². The van der Waals surface area contributed by atoms with E-state index in [1.54, 1.807) is 26.1 Å². The van der Waals surface area contributed by atoms with Gasteiger partial charge >= 0.3 is 5.97 Å². The highest BCUT2D eigenvalue weighted by atomic mass is 79.9. The molecule has 0 aliphatic rings. The first-order chi connectivity index (χ1) is 12.9. The number of hydrazone groups is 1. The third kappa shape index (κ3) is 6.21. The lowest BCUT2D eigenvalue weighted by Gasteiger charge is -2.18. The van der Waals surface area contributed by atoms with Crippen LogP contribution in [0.4, 0.5) is 5.13 Å². The molecule has 7 nitrogen and oxygen atoms in total. The molecule has 1 aromatic carbocycles. The molecule has 0 aliphatic carbocycles. The second-order valence-electron chi connectivity index (χ2n) is 5.44. The number of aromatic nitrogens is 1. The number of anilines is 1. The summed E-state index contributed by atoms with van der Waals surface area (Å²) in [5.41, 5.74) is 4.62. The molecule has 1 unspecified atom stereocenters. The Labute approximate surface area is 170 Å². The number of ether oxygens (including phenoxy) is 3. The lowest BCUT2D eigenvalue weighted by molar-refractivity contribution is -0.150. The van der Waals surface area contributed by atoms with Crippen LogP contribution in [0.3, 0.4) is 0 Å². The van der Waals surface area contributed by atoms with Gasteiger partial charge in [0.2, 0.25) is 5.13 Å². The topological polar surface area (TPSA) is 82.0 Å². The van der Waals surface area contributed by atoms with E-state index in [0.717, 1.165) is 16.4 Å². The number of aryl methyl sites for hydroxylation is 1. The van der Waals surface area contributed by atoms with E-state index in [1.165, 1.54) is 11.3 Å². The number of hydrogen-bond donors (Lipinski definition) is 1. The fourth-order valence-corrected chi connectivity index (χ4v) is 3.28. The Bertz CT molecular complexity index is 810. The van der Waals surface area contributed by atoms with Gasteiger partial charge in [0.15, 0.2) is 17.6 Å². The largest absolute Gasteiger partial charge is 0.490 e. The minimum absolute atomic E-state index is 0.299. The average molecular weight is 456 g/mol. The summed E-state index contributed by atoms with van der Waals surface area (Å²) in [6.45, 7) is 7.93. The molecular formula is C18H22BrN3O4S. The molecule has 9 heteroatoms. The molecule has 0 spiro atoms. The summed E-state index contributed by atoms with van der Waals surface area (Å²) in [4.78, 5) is 16.1. The molecule has 146 valence electrons. The zero-order chi connectivity index (χ0) is 19.8. The third-order valence-electron chi connectivity index (χ3n) is 3.24. The highest BCUT2D eigenvalue weighted by Crippen LogP contribution is 2.37. The van der Waals surface area contributed by atoms with Crippen molar-refractivity contribution in [2.45, 2.75) is 33.8 Å². The summed E-state index contributed by atoms with van der Waals surface area (Å²) in [5.74, 6) is 0.521.